The third-order valence-electron chi connectivity index (χ3n) is 4.59. The second-order valence-corrected chi connectivity index (χ2v) is 7.10. The fourth-order valence-corrected chi connectivity index (χ4v) is 4.04. The number of aromatic amines is 1. The van der Waals surface area contributed by atoms with Gasteiger partial charge >= 0.3 is 0 Å². The van der Waals surface area contributed by atoms with Gasteiger partial charge in [-0.3, -0.25) is 9.69 Å². The van der Waals surface area contributed by atoms with E-state index in [-0.39, 0.29) is 5.91 Å². The van der Waals surface area contributed by atoms with Gasteiger partial charge in [-0.25, -0.2) is 4.98 Å². The Labute approximate surface area is 144 Å². The van der Waals surface area contributed by atoms with Crippen LogP contribution < -0.4 is 0 Å². The molecule has 1 aromatic carbocycles. The highest BCUT2D eigenvalue weighted by Crippen LogP contribution is 2.29. The molecule has 3 aromatic rings. The van der Waals surface area contributed by atoms with Gasteiger partial charge in [-0.2, -0.15) is 0 Å². The molecular weight excluding hydrogens is 320 g/mol. The van der Waals surface area contributed by atoms with Gasteiger partial charge in [0.2, 0.25) is 5.91 Å². The second-order valence-electron chi connectivity index (χ2n) is 6.16. The highest BCUT2D eigenvalue weighted by atomic mass is 32.1. The molecule has 0 bridgehead atoms. The Kier molecular flexibility index (Phi) is 4.08. The number of hydrogen-bond donors (Lipinski definition) is 1. The standard InChI is InChI=1S/C18H20N4OS/c1-13(23)22-8-6-21(7-9-22)11-18-20-17(12-24-18)15-10-19-16-5-3-2-4-14(15)16/h2-5,10,12,19H,6-9,11H2,1H3. The normalized spacial score (nSPS) is 16.0. The van der Waals surface area contributed by atoms with Crippen LogP contribution in [0, 0.1) is 0 Å². The van der Waals surface area contributed by atoms with Crippen molar-refractivity contribution in [2.24, 2.45) is 0 Å². The van der Waals surface area contributed by atoms with Crippen LogP contribution in [0.5, 0.6) is 0 Å². The van der Waals surface area contributed by atoms with Gasteiger partial charge < -0.3 is 9.88 Å². The van der Waals surface area contributed by atoms with Crippen LogP contribution in [0.3, 0.4) is 0 Å². The summed E-state index contributed by atoms with van der Waals surface area (Å²) in [6.07, 6.45) is 2.04. The predicted molar refractivity (Wildman–Crippen MR) is 96.9 cm³/mol. The lowest BCUT2D eigenvalue weighted by Crippen LogP contribution is -2.47. The number of thiazole rings is 1. The summed E-state index contributed by atoms with van der Waals surface area (Å²) in [7, 11) is 0. The molecule has 0 aliphatic carbocycles. The molecule has 1 N–H and O–H groups in total. The Morgan fingerprint density at radius 1 is 1.25 bits per heavy atom. The van der Waals surface area contributed by atoms with E-state index < -0.39 is 0 Å². The van der Waals surface area contributed by atoms with Gasteiger partial charge in [-0.05, 0) is 6.07 Å². The topological polar surface area (TPSA) is 52.2 Å². The number of benzene rings is 1. The van der Waals surface area contributed by atoms with E-state index in [1.807, 2.05) is 17.2 Å². The maximum Gasteiger partial charge on any atom is 0.219 e. The first-order valence-electron chi connectivity index (χ1n) is 8.19. The molecule has 0 unspecified atom stereocenters. The Morgan fingerprint density at radius 3 is 2.83 bits per heavy atom. The van der Waals surface area contributed by atoms with Gasteiger partial charge in [0.25, 0.3) is 0 Å². The molecule has 0 radical (unpaired) electrons. The first-order valence-corrected chi connectivity index (χ1v) is 9.07. The first kappa shape index (κ1) is 15.4. The second kappa shape index (κ2) is 6.37. The number of amides is 1. The van der Waals surface area contributed by atoms with E-state index in [4.69, 9.17) is 4.98 Å². The highest BCUT2D eigenvalue weighted by molar-refractivity contribution is 7.09. The van der Waals surface area contributed by atoms with Crippen molar-refractivity contribution < 1.29 is 4.79 Å². The number of para-hydroxylation sites is 1. The predicted octanol–water partition coefficient (Wildman–Crippen LogP) is 2.96. The molecule has 24 heavy (non-hydrogen) atoms. The molecule has 4 rings (SSSR count). The molecule has 6 heteroatoms. The molecule has 0 atom stereocenters. The van der Waals surface area contributed by atoms with Crippen LogP contribution in [0.1, 0.15) is 11.9 Å². The number of piperazine rings is 1. The summed E-state index contributed by atoms with van der Waals surface area (Å²) in [5.41, 5.74) is 3.34. The summed E-state index contributed by atoms with van der Waals surface area (Å²) >= 11 is 1.71. The number of nitrogens with one attached hydrogen (secondary N) is 1. The van der Waals surface area contributed by atoms with E-state index in [9.17, 15) is 4.79 Å². The Morgan fingerprint density at radius 2 is 2.04 bits per heavy atom. The van der Waals surface area contributed by atoms with E-state index in [0.29, 0.717) is 0 Å². The molecule has 1 fully saturated rings. The van der Waals surface area contributed by atoms with Gasteiger partial charge in [-0.15, -0.1) is 11.3 Å². The Bertz CT molecular complexity index is 861. The highest BCUT2D eigenvalue weighted by Gasteiger charge is 2.19. The SMILES string of the molecule is CC(=O)N1CCN(Cc2nc(-c3c[nH]c4ccccc34)cs2)CC1. The monoisotopic (exact) mass is 340 g/mol. The average molecular weight is 340 g/mol. The number of nitrogens with zero attached hydrogens (tertiary/aromatic N) is 3. The van der Waals surface area contributed by atoms with Gasteiger partial charge in [0.1, 0.15) is 5.01 Å². The van der Waals surface area contributed by atoms with Crippen LogP contribution in [-0.2, 0) is 11.3 Å². The van der Waals surface area contributed by atoms with E-state index in [1.54, 1.807) is 18.3 Å². The van der Waals surface area contributed by atoms with E-state index in [2.05, 4.69) is 33.5 Å². The molecule has 0 saturated carbocycles. The van der Waals surface area contributed by atoms with Gasteiger partial charge in [0, 0.05) is 61.1 Å². The van der Waals surface area contributed by atoms with Crippen molar-refractivity contribution in [1.29, 1.82) is 0 Å². The summed E-state index contributed by atoms with van der Waals surface area (Å²) in [5, 5.41) is 4.48. The molecule has 5 nitrogen and oxygen atoms in total. The number of hydrogen-bond acceptors (Lipinski definition) is 4. The summed E-state index contributed by atoms with van der Waals surface area (Å²) < 4.78 is 0. The van der Waals surface area contributed by atoms with E-state index in [1.165, 1.54) is 5.39 Å². The fourth-order valence-electron chi connectivity index (χ4n) is 3.20. The lowest BCUT2D eigenvalue weighted by atomic mass is 10.1. The number of carbonyl (C=O) groups excluding carboxylic acids is 1. The number of fused-ring (bicyclic) bond motifs is 1. The van der Waals surface area contributed by atoms with E-state index in [0.717, 1.165) is 54.5 Å². The minimum atomic E-state index is 0.172. The molecule has 1 aliphatic heterocycles. The van der Waals surface area contributed by atoms with Crippen molar-refractivity contribution in [2.75, 3.05) is 26.2 Å². The molecule has 2 aromatic heterocycles. The van der Waals surface area contributed by atoms with Crippen molar-refractivity contribution in [3.05, 3.63) is 40.8 Å². The van der Waals surface area contributed by atoms with Crippen molar-refractivity contribution in [3.63, 3.8) is 0 Å². The number of carbonyl (C=O) groups is 1. The van der Waals surface area contributed by atoms with E-state index >= 15 is 0 Å². The summed E-state index contributed by atoms with van der Waals surface area (Å²) in [6.45, 7) is 5.97. The Balaban J connectivity index is 1.47. The van der Waals surface area contributed by atoms with Crippen LogP contribution >= 0.6 is 11.3 Å². The molecule has 1 aliphatic rings. The minimum Gasteiger partial charge on any atom is -0.360 e. The number of H-pyrrole nitrogens is 1. The average Bonchev–Trinajstić information content (AvgIpc) is 3.22. The quantitative estimate of drug-likeness (QED) is 0.797. The lowest BCUT2D eigenvalue weighted by Gasteiger charge is -2.33. The first-order chi connectivity index (χ1) is 11.7. The molecule has 0 spiro atoms. The molecule has 3 heterocycles. The van der Waals surface area contributed by atoms with Crippen molar-refractivity contribution in [3.8, 4) is 11.3 Å². The third kappa shape index (κ3) is 2.95. The van der Waals surface area contributed by atoms with Crippen LogP contribution in [0.15, 0.2) is 35.8 Å². The summed E-state index contributed by atoms with van der Waals surface area (Å²) in [4.78, 5) is 23.8. The maximum absolute atomic E-state index is 11.4. The zero-order valence-electron chi connectivity index (χ0n) is 13.7. The van der Waals surface area contributed by atoms with Gasteiger partial charge in [0.05, 0.1) is 12.2 Å². The van der Waals surface area contributed by atoms with Crippen LogP contribution in [0.25, 0.3) is 22.2 Å². The van der Waals surface area contributed by atoms with Gasteiger partial charge in [-0.1, -0.05) is 18.2 Å². The maximum atomic E-state index is 11.4. The lowest BCUT2D eigenvalue weighted by molar-refractivity contribution is -0.130. The van der Waals surface area contributed by atoms with Crippen molar-refractivity contribution in [2.45, 2.75) is 13.5 Å². The smallest absolute Gasteiger partial charge is 0.219 e. The zero-order chi connectivity index (χ0) is 16.5. The summed E-state index contributed by atoms with van der Waals surface area (Å²) in [5.74, 6) is 0.172. The summed E-state index contributed by atoms with van der Waals surface area (Å²) in [6, 6.07) is 8.30. The van der Waals surface area contributed by atoms with Gasteiger partial charge in [0.15, 0.2) is 0 Å². The van der Waals surface area contributed by atoms with Crippen LogP contribution in [-0.4, -0.2) is 51.9 Å². The number of aromatic nitrogens is 2. The molecule has 1 saturated heterocycles. The van der Waals surface area contributed by atoms with Crippen LogP contribution in [0.2, 0.25) is 0 Å². The zero-order valence-corrected chi connectivity index (χ0v) is 14.5. The largest absolute Gasteiger partial charge is 0.360 e. The third-order valence-corrected chi connectivity index (χ3v) is 5.43. The van der Waals surface area contributed by atoms with Crippen molar-refractivity contribution in [1.82, 2.24) is 19.8 Å². The minimum absolute atomic E-state index is 0.172. The number of rotatable bonds is 3. The molecule has 1 amide bonds. The van der Waals surface area contributed by atoms with Crippen molar-refractivity contribution >= 4 is 28.1 Å². The van der Waals surface area contributed by atoms with Crippen LogP contribution in [0.4, 0.5) is 0 Å². The Hall–Kier alpha value is -2.18. The molecular formula is C18H20N4OS. The fraction of sp³-hybridized carbons (Fsp3) is 0.333. The molecule has 124 valence electrons.